The molecule has 1 aliphatic heterocycles. The van der Waals surface area contributed by atoms with Crippen LogP contribution in [-0.4, -0.2) is 64.3 Å². The van der Waals surface area contributed by atoms with Crippen molar-refractivity contribution in [2.75, 3.05) is 31.0 Å². The topological polar surface area (TPSA) is 72.9 Å². The number of carbonyl (C=O) groups is 3. The second kappa shape index (κ2) is 10.9. The van der Waals surface area contributed by atoms with Crippen LogP contribution in [0, 0.1) is 0 Å². The number of hydrogen-bond donors (Lipinski definition) is 0. The van der Waals surface area contributed by atoms with Gasteiger partial charge in [0.15, 0.2) is 5.12 Å². The SMILES string of the molecule is CCOC(=O)C1CSC(CSc2ccccc2OC)N1C(=O)CSC(C)=O. The average molecular weight is 430 g/mol. The standard InChI is InChI=1S/C18H23NO5S3/c1-4-24-18(22)13-9-27-17(19(13)16(21)10-25-12(2)20)11-26-15-8-6-5-7-14(15)23-3/h5-8,13,17H,4,9-11H2,1-3H3. The van der Waals surface area contributed by atoms with E-state index >= 15 is 0 Å². The van der Waals surface area contributed by atoms with Gasteiger partial charge in [-0.2, -0.15) is 0 Å². The first-order valence-electron chi connectivity index (χ1n) is 8.46. The molecule has 2 atom stereocenters. The second-order valence-corrected chi connectivity index (χ2v) is 9.02. The summed E-state index contributed by atoms with van der Waals surface area (Å²) >= 11 is 4.09. The third-order valence-corrected chi connectivity index (χ3v) is 7.21. The summed E-state index contributed by atoms with van der Waals surface area (Å²) in [7, 11) is 1.62. The van der Waals surface area contributed by atoms with Crippen LogP contribution in [-0.2, 0) is 19.1 Å². The Balaban J connectivity index is 2.11. The lowest BCUT2D eigenvalue weighted by Gasteiger charge is -2.28. The Labute approximate surface area is 172 Å². The van der Waals surface area contributed by atoms with Crippen LogP contribution < -0.4 is 4.74 Å². The Morgan fingerprint density at radius 2 is 2.04 bits per heavy atom. The molecule has 0 bridgehead atoms. The fourth-order valence-electron chi connectivity index (χ4n) is 2.58. The molecule has 1 saturated heterocycles. The van der Waals surface area contributed by atoms with Crippen molar-refractivity contribution in [1.29, 1.82) is 0 Å². The number of methoxy groups -OCH3 is 1. The van der Waals surface area contributed by atoms with E-state index in [4.69, 9.17) is 9.47 Å². The zero-order valence-corrected chi connectivity index (χ0v) is 18.0. The number of thioether (sulfide) groups is 3. The summed E-state index contributed by atoms with van der Waals surface area (Å²) in [6.07, 6.45) is 0. The minimum Gasteiger partial charge on any atom is -0.496 e. The summed E-state index contributed by atoms with van der Waals surface area (Å²) in [6, 6.07) is 7.07. The molecule has 1 heterocycles. The summed E-state index contributed by atoms with van der Waals surface area (Å²) in [5, 5.41) is -0.294. The predicted molar refractivity (Wildman–Crippen MR) is 110 cm³/mol. The van der Waals surface area contributed by atoms with E-state index in [0.29, 0.717) is 11.5 Å². The van der Waals surface area contributed by atoms with Gasteiger partial charge < -0.3 is 14.4 Å². The molecule has 1 fully saturated rings. The van der Waals surface area contributed by atoms with Gasteiger partial charge in [-0.25, -0.2) is 4.79 Å². The zero-order valence-electron chi connectivity index (χ0n) is 15.5. The Bertz CT molecular complexity index is 685. The van der Waals surface area contributed by atoms with Crippen molar-refractivity contribution in [3.63, 3.8) is 0 Å². The number of ether oxygens (including phenoxy) is 2. The molecule has 1 aromatic rings. The van der Waals surface area contributed by atoms with Crippen LogP contribution in [0.5, 0.6) is 5.75 Å². The van der Waals surface area contributed by atoms with E-state index in [1.807, 2.05) is 24.3 Å². The second-order valence-electron chi connectivity index (χ2n) is 5.60. The Hall–Kier alpha value is -1.32. The van der Waals surface area contributed by atoms with Crippen LogP contribution >= 0.6 is 35.3 Å². The van der Waals surface area contributed by atoms with Crippen LogP contribution in [0.1, 0.15) is 13.8 Å². The summed E-state index contributed by atoms with van der Waals surface area (Å²) in [5.74, 6) is 1.29. The maximum atomic E-state index is 12.7. The molecule has 148 valence electrons. The van der Waals surface area contributed by atoms with Gasteiger partial charge in [-0.05, 0) is 19.1 Å². The molecule has 0 N–H and O–H groups in total. The molecular formula is C18H23NO5S3. The lowest BCUT2D eigenvalue weighted by atomic mass is 10.3. The molecule has 0 radical (unpaired) electrons. The zero-order chi connectivity index (χ0) is 19.8. The molecule has 9 heteroatoms. The number of benzene rings is 1. The molecule has 6 nitrogen and oxygen atoms in total. The average Bonchev–Trinajstić information content (AvgIpc) is 3.09. The van der Waals surface area contributed by atoms with Gasteiger partial charge >= 0.3 is 5.97 Å². The highest BCUT2D eigenvalue weighted by atomic mass is 32.2. The van der Waals surface area contributed by atoms with Crippen molar-refractivity contribution in [3.05, 3.63) is 24.3 Å². The molecule has 0 aromatic heterocycles. The van der Waals surface area contributed by atoms with Crippen LogP contribution in [0.15, 0.2) is 29.2 Å². The van der Waals surface area contributed by atoms with Crippen molar-refractivity contribution in [3.8, 4) is 5.75 Å². The Morgan fingerprint density at radius 1 is 1.30 bits per heavy atom. The Kier molecular flexibility index (Phi) is 8.85. The summed E-state index contributed by atoms with van der Waals surface area (Å²) in [4.78, 5) is 38.8. The van der Waals surface area contributed by atoms with Crippen molar-refractivity contribution in [1.82, 2.24) is 4.90 Å². The van der Waals surface area contributed by atoms with Crippen molar-refractivity contribution < 1.29 is 23.9 Å². The molecule has 0 saturated carbocycles. The van der Waals surface area contributed by atoms with E-state index in [0.717, 1.165) is 22.4 Å². The number of rotatable bonds is 8. The highest BCUT2D eigenvalue weighted by Gasteiger charge is 2.42. The minimum absolute atomic E-state index is 0.0294. The van der Waals surface area contributed by atoms with Gasteiger partial charge in [0.25, 0.3) is 0 Å². The fourth-order valence-corrected chi connectivity index (χ4v) is 5.73. The van der Waals surface area contributed by atoms with Gasteiger partial charge in [0.05, 0.1) is 24.8 Å². The van der Waals surface area contributed by atoms with E-state index in [1.54, 1.807) is 42.5 Å². The van der Waals surface area contributed by atoms with Crippen LogP contribution in [0.2, 0.25) is 0 Å². The third kappa shape index (κ3) is 6.08. The number of esters is 1. The normalized spacial score (nSPS) is 19.0. The Morgan fingerprint density at radius 3 is 2.70 bits per heavy atom. The van der Waals surface area contributed by atoms with Gasteiger partial charge in [-0.1, -0.05) is 23.9 Å². The predicted octanol–water partition coefficient (Wildman–Crippen LogP) is 2.90. The van der Waals surface area contributed by atoms with E-state index in [2.05, 4.69) is 0 Å². The van der Waals surface area contributed by atoms with Crippen LogP contribution in [0.4, 0.5) is 0 Å². The quantitative estimate of drug-likeness (QED) is 0.461. The molecular weight excluding hydrogens is 406 g/mol. The highest BCUT2D eigenvalue weighted by Crippen LogP contribution is 2.37. The highest BCUT2D eigenvalue weighted by molar-refractivity contribution is 8.14. The van der Waals surface area contributed by atoms with Crippen molar-refractivity contribution in [2.45, 2.75) is 30.2 Å². The maximum absolute atomic E-state index is 12.7. The molecule has 27 heavy (non-hydrogen) atoms. The minimum atomic E-state index is -0.613. The molecule has 1 aromatic carbocycles. The van der Waals surface area contributed by atoms with Crippen molar-refractivity contribution in [2.24, 2.45) is 0 Å². The number of para-hydroxylation sites is 1. The lowest BCUT2D eigenvalue weighted by molar-refractivity contribution is -0.152. The number of amides is 1. The van der Waals surface area contributed by atoms with E-state index in [1.165, 1.54) is 6.92 Å². The molecule has 0 spiro atoms. The number of hydrogen-bond acceptors (Lipinski definition) is 8. The molecule has 0 aliphatic carbocycles. The van der Waals surface area contributed by atoms with Crippen molar-refractivity contribution >= 4 is 52.3 Å². The monoisotopic (exact) mass is 429 g/mol. The fraction of sp³-hybridized carbons (Fsp3) is 0.500. The van der Waals surface area contributed by atoms with Gasteiger partial charge in [0.2, 0.25) is 5.91 Å². The van der Waals surface area contributed by atoms with E-state index in [9.17, 15) is 14.4 Å². The van der Waals surface area contributed by atoms with E-state index in [-0.39, 0.29) is 28.8 Å². The first-order valence-corrected chi connectivity index (χ1v) is 11.5. The van der Waals surface area contributed by atoms with Gasteiger partial charge in [0.1, 0.15) is 11.8 Å². The smallest absolute Gasteiger partial charge is 0.329 e. The summed E-state index contributed by atoms with van der Waals surface area (Å²) in [6.45, 7) is 3.44. The largest absolute Gasteiger partial charge is 0.496 e. The summed E-state index contributed by atoms with van der Waals surface area (Å²) < 4.78 is 10.5. The first kappa shape index (κ1) is 22.0. The van der Waals surface area contributed by atoms with E-state index < -0.39 is 12.0 Å². The van der Waals surface area contributed by atoms with Crippen LogP contribution in [0.3, 0.4) is 0 Å². The molecule has 1 amide bonds. The first-order chi connectivity index (χ1) is 13.0. The van der Waals surface area contributed by atoms with Gasteiger partial charge in [0, 0.05) is 23.3 Å². The van der Waals surface area contributed by atoms with Gasteiger partial charge in [-0.3, -0.25) is 9.59 Å². The number of carbonyl (C=O) groups excluding carboxylic acids is 3. The molecule has 1 aliphatic rings. The molecule has 2 rings (SSSR count). The third-order valence-electron chi connectivity index (χ3n) is 3.79. The lowest BCUT2D eigenvalue weighted by Crippen LogP contribution is -2.48. The summed E-state index contributed by atoms with van der Waals surface area (Å²) in [5.41, 5.74) is 0. The molecule has 2 unspecified atom stereocenters. The van der Waals surface area contributed by atoms with Crippen LogP contribution in [0.25, 0.3) is 0 Å². The van der Waals surface area contributed by atoms with Gasteiger partial charge in [-0.15, -0.1) is 23.5 Å². The maximum Gasteiger partial charge on any atom is 0.329 e. The number of nitrogens with zero attached hydrogens (tertiary/aromatic N) is 1.